The molecule has 2 aromatic rings. The van der Waals surface area contributed by atoms with E-state index in [1.807, 2.05) is 18.2 Å². The van der Waals surface area contributed by atoms with E-state index < -0.39 is 0 Å². The monoisotopic (exact) mass is 341 g/mol. The molecule has 1 heterocycles. The summed E-state index contributed by atoms with van der Waals surface area (Å²) in [5.41, 5.74) is 2.88. The lowest BCUT2D eigenvalue weighted by atomic mass is 10.0. The van der Waals surface area contributed by atoms with Gasteiger partial charge in [-0.1, -0.05) is 12.1 Å². The van der Waals surface area contributed by atoms with E-state index in [2.05, 4.69) is 5.32 Å². The number of fused-ring (bicyclic) bond motifs is 1. The fourth-order valence-corrected chi connectivity index (χ4v) is 2.65. The third-order valence-electron chi connectivity index (χ3n) is 3.86. The van der Waals surface area contributed by atoms with Crippen LogP contribution in [0.1, 0.15) is 11.1 Å². The van der Waals surface area contributed by atoms with Gasteiger partial charge in [-0.3, -0.25) is 4.79 Å². The first kappa shape index (κ1) is 16.9. The van der Waals surface area contributed by atoms with Crippen molar-refractivity contribution in [3.8, 4) is 17.2 Å². The number of anilines is 1. The number of carbonyl (C=O) groups excluding carboxylic acids is 1. The van der Waals surface area contributed by atoms with Crippen molar-refractivity contribution in [1.29, 1.82) is 0 Å². The number of aliphatic hydroxyl groups excluding tert-OH is 1. The lowest BCUT2D eigenvalue weighted by molar-refractivity contribution is -0.110. The van der Waals surface area contributed by atoms with Gasteiger partial charge in [0.1, 0.15) is 12.4 Å². The quantitative estimate of drug-likeness (QED) is 0.790. The predicted octanol–water partition coefficient (Wildman–Crippen LogP) is 2.57. The second-order valence-corrected chi connectivity index (χ2v) is 5.41. The topological polar surface area (TPSA) is 77.0 Å². The van der Waals surface area contributed by atoms with E-state index in [1.165, 1.54) is 0 Å². The van der Waals surface area contributed by atoms with Gasteiger partial charge in [0, 0.05) is 17.2 Å². The minimum Gasteiger partial charge on any atom is -0.493 e. The van der Waals surface area contributed by atoms with Gasteiger partial charge in [-0.15, -0.1) is 0 Å². The van der Waals surface area contributed by atoms with Gasteiger partial charge < -0.3 is 24.6 Å². The summed E-state index contributed by atoms with van der Waals surface area (Å²) in [5, 5.41) is 11.6. The third kappa shape index (κ3) is 3.44. The Labute approximate surface area is 145 Å². The van der Waals surface area contributed by atoms with Gasteiger partial charge in [0.25, 0.3) is 5.91 Å². The summed E-state index contributed by atoms with van der Waals surface area (Å²) in [6.07, 6.45) is 1.81. The van der Waals surface area contributed by atoms with E-state index in [0.29, 0.717) is 28.5 Å². The average molecular weight is 341 g/mol. The number of carbonyl (C=O) groups is 1. The summed E-state index contributed by atoms with van der Waals surface area (Å²) in [4.78, 5) is 12.3. The Morgan fingerprint density at radius 2 is 1.76 bits per heavy atom. The van der Waals surface area contributed by atoms with Gasteiger partial charge in [0.2, 0.25) is 0 Å². The van der Waals surface area contributed by atoms with E-state index in [9.17, 15) is 4.79 Å². The molecule has 25 heavy (non-hydrogen) atoms. The zero-order valence-electron chi connectivity index (χ0n) is 14.0. The van der Waals surface area contributed by atoms with E-state index in [1.54, 1.807) is 38.5 Å². The number of nitrogens with one attached hydrogen (secondary N) is 1. The second-order valence-electron chi connectivity index (χ2n) is 5.41. The highest BCUT2D eigenvalue weighted by molar-refractivity contribution is 6.35. The lowest BCUT2D eigenvalue weighted by Gasteiger charge is -2.09. The Balaban J connectivity index is 1.93. The van der Waals surface area contributed by atoms with Crippen LogP contribution in [-0.4, -0.2) is 38.4 Å². The molecule has 2 aromatic carbocycles. The molecule has 6 heteroatoms. The Bertz CT molecular complexity index is 811. The molecule has 0 radical (unpaired) electrons. The Kier molecular flexibility index (Phi) is 4.90. The zero-order chi connectivity index (χ0) is 17.8. The fourth-order valence-electron chi connectivity index (χ4n) is 2.65. The van der Waals surface area contributed by atoms with Crippen LogP contribution < -0.4 is 19.5 Å². The molecule has 1 aliphatic rings. The number of hydrogen-bond donors (Lipinski definition) is 2. The van der Waals surface area contributed by atoms with Gasteiger partial charge in [0.15, 0.2) is 11.5 Å². The SMILES string of the molecule is COc1cc2c(cc1OC)C(=Cc1ccc(OCCO)cc1)C(=O)N2. The highest BCUT2D eigenvalue weighted by atomic mass is 16.5. The number of rotatable bonds is 6. The predicted molar refractivity (Wildman–Crippen MR) is 95.1 cm³/mol. The number of benzene rings is 2. The molecule has 1 aliphatic heterocycles. The summed E-state index contributed by atoms with van der Waals surface area (Å²) < 4.78 is 15.9. The van der Waals surface area contributed by atoms with Crippen molar-refractivity contribution < 1.29 is 24.1 Å². The van der Waals surface area contributed by atoms with Crippen molar-refractivity contribution in [2.75, 3.05) is 32.8 Å². The number of hydrogen-bond acceptors (Lipinski definition) is 5. The van der Waals surface area contributed by atoms with Crippen molar-refractivity contribution >= 4 is 23.2 Å². The molecule has 0 aromatic heterocycles. The molecule has 6 nitrogen and oxygen atoms in total. The molecule has 0 atom stereocenters. The minimum atomic E-state index is -0.175. The Morgan fingerprint density at radius 1 is 1.08 bits per heavy atom. The normalized spacial score (nSPS) is 14.2. The minimum absolute atomic E-state index is 0.0337. The maximum Gasteiger partial charge on any atom is 0.256 e. The van der Waals surface area contributed by atoms with Crippen molar-refractivity contribution in [3.63, 3.8) is 0 Å². The molecule has 3 rings (SSSR count). The van der Waals surface area contributed by atoms with Crippen LogP contribution in [0.5, 0.6) is 17.2 Å². The molecule has 130 valence electrons. The number of methoxy groups -OCH3 is 2. The number of aliphatic hydroxyl groups is 1. The molecule has 2 N–H and O–H groups in total. The molecule has 0 aliphatic carbocycles. The van der Waals surface area contributed by atoms with Crippen LogP contribution in [0.4, 0.5) is 5.69 Å². The van der Waals surface area contributed by atoms with E-state index in [4.69, 9.17) is 19.3 Å². The van der Waals surface area contributed by atoms with Gasteiger partial charge >= 0.3 is 0 Å². The maximum absolute atomic E-state index is 12.3. The smallest absolute Gasteiger partial charge is 0.256 e. The van der Waals surface area contributed by atoms with Crippen LogP contribution in [0.3, 0.4) is 0 Å². The molecule has 0 saturated carbocycles. The van der Waals surface area contributed by atoms with Crippen molar-refractivity contribution in [2.45, 2.75) is 0 Å². The van der Waals surface area contributed by atoms with Crippen molar-refractivity contribution in [3.05, 3.63) is 47.5 Å². The standard InChI is InChI=1S/C19H19NO5/c1-23-17-10-14-15(19(22)20-16(14)11-18(17)24-2)9-12-3-5-13(6-4-12)25-8-7-21/h3-6,9-11,21H,7-8H2,1-2H3,(H,20,22). The van der Waals surface area contributed by atoms with Gasteiger partial charge in [-0.2, -0.15) is 0 Å². The first-order chi connectivity index (χ1) is 12.2. The van der Waals surface area contributed by atoms with Crippen LogP contribution in [0.25, 0.3) is 11.6 Å². The largest absolute Gasteiger partial charge is 0.493 e. The highest BCUT2D eigenvalue weighted by Crippen LogP contribution is 2.41. The van der Waals surface area contributed by atoms with E-state index in [-0.39, 0.29) is 19.1 Å². The molecule has 1 amide bonds. The number of ether oxygens (including phenoxy) is 3. The van der Waals surface area contributed by atoms with E-state index >= 15 is 0 Å². The van der Waals surface area contributed by atoms with Gasteiger partial charge in [0.05, 0.1) is 26.5 Å². The molecule has 0 saturated heterocycles. The summed E-state index contributed by atoms with van der Waals surface area (Å²) in [5.74, 6) is 1.62. The summed E-state index contributed by atoms with van der Waals surface area (Å²) >= 11 is 0. The average Bonchev–Trinajstić information content (AvgIpc) is 2.94. The van der Waals surface area contributed by atoms with E-state index in [0.717, 1.165) is 11.1 Å². The fraction of sp³-hybridized carbons (Fsp3) is 0.211. The van der Waals surface area contributed by atoms with Crippen LogP contribution in [-0.2, 0) is 4.79 Å². The zero-order valence-corrected chi connectivity index (χ0v) is 14.0. The van der Waals surface area contributed by atoms with Crippen LogP contribution in [0, 0.1) is 0 Å². The molecular weight excluding hydrogens is 322 g/mol. The maximum atomic E-state index is 12.3. The molecule has 0 unspecified atom stereocenters. The summed E-state index contributed by atoms with van der Waals surface area (Å²) in [6.45, 7) is 0.214. The first-order valence-electron chi connectivity index (χ1n) is 7.79. The van der Waals surface area contributed by atoms with Crippen LogP contribution in [0.15, 0.2) is 36.4 Å². The Hall–Kier alpha value is -2.99. The molecule has 0 bridgehead atoms. The van der Waals surface area contributed by atoms with Crippen LogP contribution >= 0.6 is 0 Å². The first-order valence-corrected chi connectivity index (χ1v) is 7.79. The van der Waals surface area contributed by atoms with Crippen LogP contribution in [0.2, 0.25) is 0 Å². The summed E-state index contributed by atoms with van der Waals surface area (Å²) in [7, 11) is 3.11. The van der Waals surface area contributed by atoms with Crippen molar-refractivity contribution in [2.24, 2.45) is 0 Å². The lowest BCUT2D eigenvalue weighted by Crippen LogP contribution is -2.03. The van der Waals surface area contributed by atoms with Gasteiger partial charge in [-0.25, -0.2) is 0 Å². The Morgan fingerprint density at radius 3 is 2.40 bits per heavy atom. The number of amides is 1. The second kappa shape index (κ2) is 7.27. The highest BCUT2D eigenvalue weighted by Gasteiger charge is 2.26. The van der Waals surface area contributed by atoms with Crippen molar-refractivity contribution in [1.82, 2.24) is 0 Å². The molecule has 0 spiro atoms. The summed E-state index contributed by atoms with van der Waals surface area (Å²) in [6, 6.07) is 10.8. The molecule has 0 fully saturated rings. The third-order valence-corrected chi connectivity index (χ3v) is 3.86. The molecular formula is C19H19NO5. The van der Waals surface area contributed by atoms with Gasteiger partial charge in [-0.05, 0) is 29.8 Å².